The van der Waals surface area contributed by atoms with E-state index in [1.165, 1.54) is 27.9 Å². The van der Waals surface area contributed by atoms with Gasteiger partial charge < -0.3 is 0 Å². The molecule has 0 bridgehead atoms. The van der Waals surface area contributed by atoms with Gasteiger partial charge in [0, 0.05) is 0 Å². The number of hydrogen-bond acceptors (Lipinski definition) is 1. The molecule has 0 atom stereocenters. The molecule has 0 heterocycles. The van der Waals surface area contributed by atoms with Crippen molar-refractivity contribution < 1.29 is 0 Å². The third kappa shape index (κ3) is 3.71. The van der Waals surface area contributed by atoms with E-state index in [0.29, 0.717) is 0 Å². The highest BCUT2D eigenvalue weighted by atomic mass is 32.1. The standard InChI is InChI=1S/C15H24S/c1-9(2)11(5)15(12(6)10(3)4)13(7)14(8)16/h16H,1H2,2-8H3/b14-13+,15-11-. The maximum absolute atomic E-state index is 4.45. The van der Waals surface area contributed by atoms with E-state index in [1.54, 1.807) is 0 Å². The number of rotatable bonds is 3. The maximum Gasteiger partial charge on any atom is -0.0159 e. The Kier molecular flexibility index (Phi) is 5.88. The molecule has 0 saturated heterocycles. The van der Waals surface area contributed by atoms with Crippen LogP contribution in [0.1, 0.15) is 48.5 Å². The molecule has 0 aliphatic rings. The van der Waals surface area contributed by atoms with Crippen LogP contribution in [0.25, 0.3) is 0 Å². The first-order valence-electron chi connectivity index (χ1n) is 5.58. The Morgan fingerprint density at radius 1 is 0.750 bits per heavy atom. The van der Waals surface area contributed by atoms with E-state index in [2.05, 4.69) is 60.8 Å². The molecule has 0 fully saturated rings. The van der Waals surface area contributed by atoms with Crippen LogP contribution in [-0.2, 0) is 0 Å². The number of thiol groups is 1. The van der Waals surface area contributed by atoms with Crippen molar-refractivity contribution in [2.45, 2.75) is 48.5 Å². The van der Waals surface area contributed by atoms with Crippen LogP contribution in [0.15, 0.2) is 44.9 Å². The van der Waals surface area contributed by atoms with Gasteiger partial charge in [0.15, 0.2) is 0 Å². The number of hydrogen-bond donors (Lipinski definition) is 1. The summed E-state index contributed by atoms with van der Waals surface area (Å²) >= 11 is 4.45. The van der Waals surface area contributed by atoms with Crippen molar-refractivity contribution >= 4 is 12.6 Å². The minimum atomic E-state index is 1.07. The van der Waals surface area contributed by atoms with Gasteiger partial charge in [0.1, 0.15) is 0 Å². The van der Waals surface area contributed by atoms with Crippen LogP contribution in [0.2, 0.25) is 0 Å². The third-order valence-corrected chi connectivity index (χ3v) is 3.39. The molecule has 0 aliphatic carbocycles. The molecular weight excluding hydrogens is 212 g/mol. The quantitative estimate of drug-likeness (QED) is 0.488. The summed E-state index contributed by atoms with van der Waals surface area (Å²) < 4.78 is 0. The molecule has 0 nitrogen and oxygen atoms in total. The summed E-state index contributed by atoms with van der Waals surface area (Å²) in [4.78, 5) is 1.07. The minimum Gasteiger partial charge on any atom is -0.148 e. The molecule has 0 saturated carbocycles. The summed E-state index contributed by atoms with van der Waals surface area (Å²) in [5.41, 5.74) is 7.56. The van der Waals surface area contributed by atoms with Crippen molar-refractivity contribution in [1.82, 2.24) is 0 Å². The molecule has 0 N–H and O–H groups in total. The predicted octanol–water partition coefficient (Wildman–Crippen LogP) is 5.46. The summed E-state index contributed by atoms with van der Waals surface area (Å²) in [6, 6.07) is 0. The monoisotopic (exact) mass is 236 g/mol. The molecule has 90 valence electrons. The van der Waals surface area contributed by atoms with Gasteiger partial charge in [-0.1, -0.05) is 17.7 Å². The maximum atomic E-state index is 4.45. The second-order valence-electron chi connectivity index (χ2n) is 4.62. The van der Waals surface area contributed by atoms with Crippen LogP contribution in [0.4, 0.5) is 0 Å². The van der Waals surface area contributed by atoms with E-state index in [0.717, 1.165) is 10.5 Å². The predicted molar refractivity (Wildman–Crippen MR) is 78.9 cm³/mol. The Morgan fingerprint density at radius 2 is 1.19 bits per heavy atom. The zero-order valence-corrected chi connectivity index (χ0v) is 12.5. The highest BCUT2D eigenvalue weighted by Gasteiger charge is 2.10. The van der Waals surface area contributed by atoms with E-state index in [1.807, 2.05) is 6.92 Å². The average Bonchev–Trinajstić information content (AvgIpc) is 2.16. The Labute approximate surface area is 106 Å². The smallest absolute Gasteiger partial charge is 0.0159 e. The summed E-state index contributed by atoms with van der Waals surface area (Å²) in [7, 11) is 0. The topological polar surface area (TPSA) is 0 Å². The Hall–Kier alpha value is -0.690. The largest absolute Gasteiger partial charge is 0.148 e. The second-order valence-corrected chi connectivity index (χ2v) is 5.29. The lowest BCUT2D eigenvalue weighted by molar-refractivity contribution is 1.17. The zero-order chi connectivity index (χ0) is 13.0. The normalized spacial score (nSPS) is 14.0. The molecule has 0 rings (SSSR count). The van der Waals surface area contributed by atoms with Crippen LogP contribution in [0.3, 0.4) is 0 Å². The van der Waals surface area contributed by atoms with E-state index in [9.17, 15) is 0 Å². The lowest BCUT2D eigenvalue weighted by atomic mass is 9.90. The minimum absolute atomic E-state index is 1.07. The van der Waals surface area contributed by atoms with Gasteiger partial charge in [-0.15, -0.1) is 12.6 Å². The van der Waals surface area contributed by atoms with Gasteiger partial charge in [0.05, 0.1) is 0 Å². The van der Waals surface area contributed by atoms with Crippen molar-refractivity contribution in [2.24, 2.45) is 0 Å². The Balaban J connectivity index is 6.01. The number of allylic oxidation sites excluding steroid dienone is 7. The molecule has 0 aliphatic heterocycles. The molecule has 0 aromatic heterocycles. The van der Waals surface area contributed by atoms with Crippen LogP contribution in [0.5, 0.6) is 0 Å². The van der Waals surface area contributed by atoms with E-state index < -0.39 is 0 Å². The van der Waals surface area contributed by atoms with Gasteiger partial charge >= 0.3 is 0 Å². The molecule has 16 heavy (non-hydrogen) atoms. The van der Waals surface area contributed by atoms with Gasteiger partial charge in [-0.05, 0) is 75.7 Å². The highest BCUT2D eigenvalue weighted by molar-refractivity contribution is 7.84. The van der Waals surface area contributed by atoms with Crippen LogP contribution in [-0.4, -0.2) is 0 Å². The zero-order valence-electron chi connectivity index (χ0n) is 11.7. The van der Waals surface area contributed by atoms with Crippen molar-refractivity contribution in [3.05, 3.63) is 44.9 Å². The first-order chi connectivity index (χ1) is 7.20. The molecule has 0 aromatic carbocycles. The second kappa shape index (κ2) is 6.15. The van der Waals surface area contributed by atoms with E-state index in [4.69, 9.17) is 0 Å². The highest BCUT2D eigenvalue weighted by Crippen LogP contribution is 2.30. The van der Waals surface area contributed by atoms with Gasteiger partial charge in [-0.25, -0.2) is 0 Å². The van der Waals surface area contributed by atoms with Crippen LogP contribution >= 0.6 is 12.6 Å². The fraction of sp³-hybridized carbons (Fsp3) is 0.467. The van der Waals surface area contributed by atoms with Crippen molar-refractivity contribution in [3.63, 3.8) is 0 Å². The molecule has 0 aromatic rings. The SMILES string of the molecule is C=C(C)/C(C)=C(C(C)=C(C)C)\C(C)=C(/C)S. The molecule has 0 spiro atoms. The van der Waals surface area contributed by atoms with Crippen LogP contribution in [0, 0.1) is 0 Å². The van der Waals surface area contributed by atoms with E-state index in [-0.39, 0.29) is 0 Å². The van der Waals surface area contributed by atoms with Gasteiger partial charge in [0.2, 0.25) is 0 Å². The first-order valence-corrected chi connectivity index (χ1v) is 6.02. The van der Waals surface area contributed by atoms with Crippen molar-refractivity contribution in [1.29, 1.82) is 0 Å². The lowest BCUT2D eigenvalue weighted by Crippen LogP contribution is -1.97. The fourth-order valence-corrected chi connectivity index (χ4v) is 1.60. The third-order valence-electron chi connectivity index (χ3n) is 3.06. The first kappa shape index (κ1) is 15.3. The lowest BCUT2D eigenvalue weighted by Gasteiger charge is -2.17. The van der Waals surface area contributed by atoms with Gasteiger partial charge in [0.25, 0.3) is 0 Å². The van der Waals surface area contributed by atoms with E-state index >= 15 is 0 Å². The summed E-state index contributed by atoms with van der Waals surface area (Å²) in [6.45, 7) is 18.8. The van der Waals surface area contributed by atoms with Crippen molar-refractivity contribution in [3.8, 4) is 0 Å². The van der Waals surface area contributed by atoms with Gasteiger partial charge in [-0.2, -0.15) is 0 Å². The Bertz CT molecular complexity index is 356. The Morgan fingerprint density at radius 3 is 1.44 bits per heavy atom. The van der Waals surface area contributed by atoms with Crippen molar-refractivity contribution in [2.75, 3.05) is 0 Å². The molecule has 1 heteroatoms. The molecular formula is C15H24S. The summed E-state index contributed by atoms with van der Waals surface area (Å²) in [5, 5.41) is 0. The molecule has 0 unspecified atom stereocenters. The summed E-state index contributed by atoms with van der Waals surface area (Å²) in [6.07, 6.45) is 0. The van der Waals surface area contributed by atoms with Crippen LogP contribution < -0.4 is 0 Å². The fourth-order valence-electron chi connectivity index (χ4n) is 1.49. The molecule has 0 radical (unpaired) electrons. The summed E-state index contributed by atoms with van der Waals surface area (Å²) in [5.74, 6) is 0. The molecule has 0 amide bonds. The van der Waals surface area contributed by atoms with Gasteiger partial charge in [-0.3, -0.25) is 0 Å². The average molecular weight is 236 g/mol.